The van der Waals surface area contributed by atoms with E-state index in [1.165, 1.54) is 18.2 Å². The molecular formula is C14H20F3NO. The molecule has 1 rings (SSSR count). The molecule has 0 bridgehead atoms. The summed E-state index contributed by atoms with van der Waals surface area (Å²) in [5, 5.41) is 10.0. The zero-order valence-electron chi connectivity index (χ0n) is 11.3. The maximum Gasteiger partial charge on any atom is 0.422 e. The Labute approximate surface area is 111 Å². The van der Waals surface area contributed by atoms with Crippen LogP contribution in [-0.4, -0.2) is 17.3 Å². The van der Waals surface area contributed by atoms with Crippen LogP contribution in [0.1, 0.15) is 31.9 Å². The van der Waals surface area contributed by atoms with Gasteiger partial charge in [0.05, 0.1) is 0 Å². The van der Waals surface area contributed by atoms with Crippen molar-refractivity contribution in [2.45, 2.75) is 45.0 Å². The van der Waals surface area contributed by atoms with Crippen molar-refractivity contribution in [3.8, 4) is 0 Å². The third-order valence-electron chi connectivity index (χ3n) is 3.10. The fourth-order valence-corrected chi connectivity index (χ4v) is 2.09. The van der Waals surface area contributed by atoms with Crippen LogP contribution in [0.25, 0.3) is 0 Å². The minimum atomic E-state index is -4.81. The third-order valence-corrected chi connectivity index (χ3v) is 3.10. The molecule has 0 amide bonds. The molecule has 0 aliphatic carbocycles. The van der Waals surface area contributed by atoms with Crippen LogP contribution in [0.5, 0.6) is 0 Å². The summed E-state index contributed by atoms with van der Waals surface area (Å²) in [6, 6.07) is 4.48. The SMILES string of the molecule is CC(C)Cc1cccc(C(O)(C(C)N)C(F)(F)F)c1. The van der Waals surface area contributed by atoms with Gasteiger partial charge in [-0.1, -0.05) is 38.1 Å². The van der Waals surface area contributed by atoms with Crippen LogP contribution in [0.15, 0.2) is 24.3 Å². The Hall–Kier alpha value is -1.07. The highest BCUT2D eigenvalue weighted by molar-refractivity contribution is 5.31. The second-order valence-corrected chi connectivity index (χ2v) is 5.35. The van der Waals surface area contributed by atoms with Crippen molar-refractivity contribution in [3.05, 3.63) is 35.4 Å². The zero-order chi connectivity index (χ0) is 14.8. The van der Waals surface area contributed by atoms with Crippen molar-refractivity contribution in [2.75, 3.05) is 0 Å². The van der Waals surface area contributed by atoms with Crippen molar-refractivity contribution in [1.29, 1.82) is 0 Å². The van der Waals surface area contributed by atoms with Gasteiger partial charge in [0, 0.05) is 6.04 Å². The van der Waals surface area contributed by atoms with Crippen LogP contribution in [0.2, 0.25) is 0 Å². The van der Waals surface area contributed by atoms with Gasteiger partial charge >= 0.3 is 6.18 Å². The minimum Gasteiger partial charge on any atom is -0.375 e. The van der Waals surface area contributed by atoms with E-state index in [9.17, 15) is 18.3 Å². The van der Waals surface area contributed by atoms with Crippen molar-refractivity contribution in [3.63, 3.8) is 0 Å². The van der Waals surface area contributed by atoms with Crippen molar-refractivity contribution >= 4 is 0 Å². The molecular weight excluding hydrogens is 255 g/mol. The predicted octanol–water partition coefficient (Wildman–Crippen LogP) is 2.98. The van der Waals surface area contributed by atoms with E-state index in [1.807, 2.05) is 13.8 Å². The molecule has 3 N–H and O–H groups in total. The van der Waals surface area contributed by atoms with Gasteiger partial charge in [0.25, 0.3) is 0 Å². The van der Waals surface area contributed by atoms with Gasteiger partial charge in [-0.25, -0.2) is 0 Å². The topological polar surface area (TPSA) is 46.2 Å². The maximum absolute atomic E-state index is 13.1. The van der Waals surface area contributed by atoms with Gasteiger partial charge in [-0.15, -0.1) is 0 Å². The van der Waals surface area contributed by atoms with Gasteiger partial charge in [-0.05, 0) is 30.4 Å². The van der Waals surface area contributed by atoms with E-state index in [0.29, 0.717) is 12.3 Å². The van der Waals surface area contributed by atoms with Crippen LogP contribution >= 0.6 is 0 Å². The Bertz CT molecular complexity index is 429. The molecule has 2 nitrogen and oxygen atoms in total. The summed E-state index contributed by atoms with van der Waals surface area (Å²) >= 11 is 0. The Balaban J connectivity index is 3.25. The fraction of sp³-hybridized carbons (Fsp3) is 0.571. The van der Waals surface area contributed by atoms with Gasteiger partial charge in [0.1, 0.15) is 0 Å². The number of aliphatic hydroxyl groups is 1. The van der Waals surface area contributed by atoms with E-state index >= 15 is 0 Å². The largest absolute Gasteiger partial charge is 0.422 e. The van der Waals surface area contributed by atoms with E-state index in [-0.39, 0.29) is 5.56 Å². The molecule has 2 atom stereocenters. The molecule has 0 aliphatic heterocycles. The summed E-state index contributed by atoms with van der Waals surface area (Å²) in [5.41, 5.74) is 2.92. The molecule has 0 saturated heterocycles. The van der Waals surface area contributed by atoms with Crippen LogP contribution in [0, 0.1) is 5.92 Å². The average Bonchev–Trinajstić information content (AvgIpc) is 2.25. The number of nitrogens with two attached hydrogens (primary N) is 1. The number of alkyl halides is 3. The molecule has 0 spiro atoms. The summed E-state index contributed by atoms with van der Waals surface area (Å²) in [4.78, 5) is 0. The molecule has 0 fully saturated rings. The highest BCUT2D eigenvalue weighted by Gasteiger charge is 2.57. The molecule has 0 heterocycles. The molecule has 19 heavy (non-hydrogen) atoms. The van der Waals surface area contributed by atoms with E-state index < -0.39 is 17.8 Å². The van der Waals surface area contributed by atoms with Crippen LogP contribution < -0.4 is 5.73 Å². The van der Waals surface area contributed by atoms with E-state index in [4.69, 9.17) is 5.73 Å². The first-order valence-corrected chi connectivity index (χ1v) is 6.23. The third kappa shape index (κ3) is 3.28. The molecule has 108 valence electrons. The van der Waals surface area contributed by atoms with Crippen LogP contribution in [0.3, 0.4) is 0 Å². The first-order chi connectivity index (χ1) is 8.59. The Kier molecular flexibility index (Phi) is 4.63. The lowest BCUT2D eigenvalue weighted by Crippen LogP contribution is -2.54. The molecule has 0 aliphatic rings. The number of hydrogen-bond donors (Lipinski definition) is 2. The van der Waals surface area contributed by atoms with Crippen molar-refractivity contribution in [2.24, 2.45) is 11.7 Å². The maximum atomic E-state index is 13.1. The molecule has 1 aromatic rings. The molecule has 5 heteroatoms. The van der Waals surface area contributed by atoms with Gasteiger partial charge in [0.15, 0.2) is 0 Å². The first-order valence-electron chi connectivity index (χ1n) is 6.23. The quantitative estimate of drug-likeness (QED) is 0.887. The number of hydrogen-bond acceptors (Lipinski definition) is 2. The lowest BCUT2D eigenvalue weighted by Gasteiger charge is -2.34. The summed E-state index contributed by atoms with van der Waals surface area (Å²) in [5.74, 6) is 0.324. The average molecular weight is 275 g/mol. The lowest BCUT2D eigenvalue weighted by atomic mass is 9.85. The highest BCUT2D eigenvalue weighted by atomic mass is 19.4. The molecule has 2 unspecified atom stereocenters. The van der Waals surface area contributed by atoms with Crippen molar-refractivity contribution in [1.82, 2.24) is 0 Å². The highest BCUT2D eigenvalue weighted by Crippen LogP contribution is 2.41. The summed E-state index contributed by atoms with van der Waals surface area (Å²) in [6.45, 7) is 5.12. The summed E-state index contributed by atoms with van der Waals surface area (Å²) < 4.78 is 39.3. The fourth-order valence-electron chi connectivity index (χ4n) is 2.09. The molecule has 0 aromatic heterocycles. The second kappa shape index (κ2) is 5.51. The summed E-state index contributed by atoms with van der Waals surface area (Å²) in [7, 11) is 0. The number of benzene rings is 1. The minimum absolute atomic E-state index is 0.201. The number of rotatable bonds is 4. The lowest BCUT2D eigenvalue weighted by molar-refractivity contribution is -0.272. The second-order valence-electron chi connectivity index (χ2n) is 5.35. The molecule has 1 aromatic carbocycles. The van der Waals surface area contributed by atoms with Gasteiger partial charge in [-0.2, -0.15) is 13.2 Å². The van der Waals surface area contributed by atoms with Gasteiger partial charge in [0.2, 0.25) is 5.60 Å². The Morgan fingerprint density at radius 3 is 2.21 bits per heavy atom. The standard InChI is InChI=1S/C14H20F3NO/c1-9(2)7-11-5-4-6-12(8-11)13(19,10(3)18)14(15,16)17/h4-6,8-10,19H,7,18H2,1-3H3. The van der Waals surface area contributed by atoms with Crippen molar-refractivity contribution < 1.29 is 18.3 Å². The van der Waals surface area contributed by atoms with Crippen LogP contribution in [-0.2, 0) is 12.0 Å². The predicted molar refractivity (Wildman–Crippen MR) is 68.6 cm³/mol. The Morgan fingerprint density at radius 1 is 1.21 bits per heavy atom. The molecule has 0 saturated carbocycles. The summed E-state index contributed by atoms with van der Waals surface area (Å²) in [6.07, 6.45) is -4.15. The van der Waals surface area contributed by atoms with E-state index in [0.717, 1.165) is 12.5 Å². The van der Waals surface area contributed by atoms with Gasteiger partial charge in [-0.3, -0.25) is 0 Å². The van der Waals surface area contributed by atoms with Gasteiger partial charge < -0.3 is 10.8 Å². The monoisotopic (exact) mass is 275 g/mol. The zero-order valence-corrected chi connectivity index (χ0v) is 11.3. The van der Waals surface area contributed by atoms with E-state index in [2.05, 4.69) is 0 Å². The number of halogens is 3. The molecule has 0 radical (unpaired) electrons. The Morgan fingerprint density at radius 2 is 1.79 bits per heavy atom. The normalized spacial score (nSPS) is 17.3. The van der Waals surface area contributed by atoms with E-state index in [1.54, 1.807) is 6.07 Å². The first kappa shape index (κ1) is 16.0. The smallest absolute Gasteiger partial charge is 0.375 e. The van der Waals surface area contributed by atoms with Crippen LogP contribution in [0.4, 0.5) is 13.2 Å².